The van der Waals surface area contributed by atoms with Crippen molar-refractivity contribution in [2.45, 2.75) is 32.2 Å². The summed E-state index contributed by atoms with van der Waals surface area (Å²) in [6.07, 6.45) is 3.96. The molecule has 8 nitrogen and oxygen atoms in total. The van der Waals surface area contributed by atoms with Gasteiger partial charge >= 0.3 is 0 Å². The topological polar surface area (TPSA) is 131 Å². The molecule has 1 aromatic heterocycles. The van der Waals surface area contributed by atoms with Crippen LogP contribution in [0.15, 0.2) is 85.3 Å². The number of amides is 1. The molecule has 4 aromatic rings. The summed E-state index contributed by atoms with van der Waals surface area (Å²) in [6, 6.07) is 21.8. The Bertz CT molecular complexity index is 1340. The van der Waals surface area contributed by atoms with Crippen molar-refractivity contribution in [3.8, 4) is 5.75 Å². The lowest BCUT2D eigenvalue weighted by molar-refractivity contribution is -0.115. The van der Waals surface area contributed by atoms with Gasteiger partial charge in [0.2, 0.25) is 5.91 Å². The number of anilines is 2. The molecule has 4 rings (SSSR count). The van der Waals surface area contributed by atoms with Crippen molar-refractivity contribution in [1.29, 1.82) is 5.41 Å². The van der Waals surface area contributed by atoms with Crippen LogP contribution in [0.5, 0.6) is 5.75 Å². The van der Waals surface area contributed by atoms with E-state index in [-0.39, 0.29) is 42.5 Å². The molecule has 0 aliphatic heterocycles. The molecule has 198 valence electrons. The first-order valence-corrected chi connectivity index (χ1v) is 12.2. The van der Waals surface area contributed by atoms with Gasteiger partial charge in [-0.05, 0) is 59.9 Å². The van der Waals surface area contributed by atoms with Crippen LogP contribution >= 0.6 is 12.4 Å². The Balaban J connectivity index is 0.00000400. The molecular weight excluding hydrogens is 500 g/mol. The number of H-pyrrole nitrogens is 1. The Labute approximate surface area is 228 Å². The third-order valence-electron chi connectivity index (χ3n) is 6.27. The van der Waals surface area contributed by atoms with Gasteiger partial charge in [0.15, 0.2) is 0 Å². The zero-order valence-corrected chi connectivity index (χ0v) is 22.2. The van der Waals surface area contributed by atoms with E-state index in [1.54, 1.807) is 24.5 Å². The van der Waals surface area contributed by atoms with Gasteiger partial charge in [-0.2, -0.15) is 0 Å². The van der Waals surface area contributed by atoms with Gasteiger partial charge in [-0.3, -0.25) is 10.2 Å². The normalized spacial score (nSPS) is 11.4. The molecule has 3 aromatic carbocycles. The summed E-state index contributed by atoms with van der Waals surface area (Å²) in [5, 5.41) is 20.6. The van der Waals surface area contributed by atoms with E-state index in [0.717, 1.165) is 22.6 Å². The Morgan fingerprint density at radius 2 is 1.82 bits per heavy atom. The number of aromatic nitrogens is 2. The predicted octanol–water partition coefficient (Wildman–Crippen LogP) is 5.37. The van der Waals surface area contributed by atoms with Crippen LogP contribution < -0.4 is 16.0 Å². The quantitative estimate of drug-likeness (QED) is 0.138. The lowest BCUT2D eigenvalue weighted by Gasteiger charge is -2.33. The highest BCUT2D eigenvalue weighted by atomic mass is 35.5. The second-order valence-corrected chi connectivity index (χ2v) is 9.30. The minimum atomic E-state index is -0.313. The summed E-state index contributed by atoms with van der Waals surface area (Å²) < 4.78 is 0. The number of carbonyl (C=O) groups excluding carboxylic acids is 1. The fraction of sp³-hybridized carbons (Fsp3) is 0.207. The van der Waals surface area contributed by atoms with Crippen molar-refractivity contribution in [1.82, 2.24) is 9.97 Å². The summed E-state index contributed by atoms with van der Waals surface area (Å²) >= 11 is 0. The van der Waals surface area contributed by atoms with Gasteiger partial charge in [0, 0.05) is 23.1 Å². The first-order chi connectivity index (χ1) is 17.8. The highest BCUT2D eigenvalue weighted by molar-refractivity contribution is 5.97. The minimum absolute atomic E-state index is 0. The molecule has 0 aliphatic carbocycles. The van der Waals surface area contributed by atoms with Crippen molar-refractivity contribution >= 4 is 35.5 Å². The van der Waals surface area contributed by atoms with E-state index in [1.165, 1.54) is 5.56 Å². The molecule has 0 bridgehead atoms. The third kappa shape index (κ3) is 7.14. The van der Waals surface area contributed by atoms with Crippen LogP contribution in [0.3, 0.4) is 0 Å². The smallest absolute Gasteiger partial charge is 0.243 e. The SMILES string of the molecule is CC(C)c1ccc(NC(=O)CN(c2cccc(C(=N)N)c2)C(Cc2ccc(O)cc2)c2c[nH]cn2)cc1.Cl. The van der Waals surface area contributed by atoms with E-state index >= 15 is 0 Å². The molecule has 9 heteroatoms. The number of halogens is 1. The van der Waals surface area contributed by atoms with Crippen LogP contribution in [0.4, 0.5) is 11.4 Å². The summed E-state index contributed by atoms with van der Waals surface area (Å²) in [7, 11) is 0. The average Bonchev–Trinajstić information content (AvgIpc) is 3.42. The molecule has 1 amide bonds. The van der Waals surface area contributed by atoms with Crippen LogP contribution in [0.25, 0.3) is 0 Å². The number of nitrogens with one attached hydrogen (secondary N) is 3. The molecule has 0 spiro atoms. The Hall–Kier alpha value is -4.30. The largest absolute Gasteiger partial charge is 0.508 e. The van der Waals surface area contributed by atoms with Crippen LogP contribution in [0.1, 0.15) is 48.2 Å². The van der Waals surface area contributed by atoms with E-state index in [1.807, 2.05) is 65.7 Å². The van der Waals surface area contributed by atoms with Crippen LogP contribution in [0, 0.1) is 5.41 Å². The molecule has 1 atom stereocenters. The lowest BCUT2D eigenvalue weighted by atomic mass is 10.0. The second-order valence-electron chi connectivity index (χ2n) is 9.30. The number of aromatic amines is 1. The highest BCUT2D eigenvalue weighted by Gasteiger charge is 2.26. The van der Waals surface area contributed by atoms with E-state index in [2.05, 4.69) is 29.1 Å². The number of hydrogen-bond donors (Lipinski definition) is 5. The summed E-state index contributed by atoms with van der Waals surface area (Å²) in [5.74, 6) is 0.361. The minimum Gasteiger partial charge on any atom is -0.508 e. The Morgan fingerprint density at radius 1 is 1.11 bits per heavy atom. The van der Waals surface area contributed by atoms with Crippen molar-refractivity contribution in [3.63, 3.8) is 0 Å². The maximum atomic E-state index is 13.3. The molecule has 1 heterocycles. The molecular formula is C29H33ClN6O2. The maximum absolute atomic E-state index is 13.3. The maximum Gasteiger partial charge on any atom is 0.243 e. The average molecular weight is 533 g/mol. The van der Waals surface area contributed by atoms with Crippen molar-refractivity contribution in [2.24, 2.45) is 5.73 Å². The van der Waals surface area contributed by atoms with Gasteiger partial charge < -0.3 is 26.0 Å². The van der Waals surface area contributed by atoms with Crippen LogP contribution in [0.2, 0.25) is 0 Å². The fourth-order valence-corrected chi connectivity index (χ4v) is 4.22. The number of benzene rings is 3. The number of nitrogens with two attached hydrogens (primary N) is 1. The number of amidine groups is 1. The molecule has 0 radical (unpaired) electrons. The predicted molar refractivity (Wildman–Crippen MR) is 154 cm³/mol. The molecule has 38 heavy (non-hydrogen) atoms. The van der Waals surface area contributed by atoms with Gasteiger partial charge in [-0.1, -0.05) is 50.2 Å². The molecule has 6 N–H and O–H groups in total. The van der Waals surface area contributed by atoms with Crippen molar-refractivity contribution < 1.29 is 9.90 Å². The molecule has 0 saturated carbocycles. The number of nitrogens with zero attached hydrogens (tertiary/aromatic N) is 2. The van der Waals surface area contributed by atoms with Gasteiger partial charge in [0.25, 0.3) is 0 Å². The Kier molecular flexibility index (Phi) is 9.51. The highest BCUT2D eigenvalue weighted by Crippen LogP contribution is 2.30. The van der Waals surface area contributed by atoms with Crippen LogP contribution in [-0.4, -0.2) is 33.4 Å². The van der Waals surface area contributed by atoms with E-state index in [9.17, 15) is 9.90 Å². The number of imidazole rings is 1. The van der Waals surface area contributed by atoms with Crippen molar-refractivity contribution in [3.05, 3.63) is 108 Å². The number of phenolic OH excluding ortho intramolecular Hbond substituents is 1. The summed E-state index contributed by atoms with van der Waals surface area (Å²) in [6.45, 7) is 4.30. The van der Waals surface area contributed by atoms with E-state index in [4.69, 9.17) is 11.1 Å². The van der Waals surface area contributed by atoms with Gasteiger partial charge in [0.1, 0.15) is 11.6 Å². The molecule has 0 saturated heterocycles. The molecule has 0 aliphatic rings. The molecule has 1 unspecified atom stereocenters. The van der Waals surface area contributed by atoms with Crippen LogP contribution in [-0.2, 0) is 11.2 Å². The number of carbonyl (C=O) groups is 1. The standard InChI is InChI=1S/C29H32N6O2.ClH/c1-19(2)21-8-10-23(11-9-21)34-28(37)17-35(24-5-3-4-22(15-24)29(30)31)27(26-16-32-18-33-26)14-20-6-12-25(36)13-7-20;/h3-13,15-16,18-19,27,36H,14,17H2,1-2H3,(H3,30,31)(H,32,33)(H,34,37);1H. The number of aromatic hydroxyl groups is 1. The number of phenols is 1. The lowest BCUT2D eigenvalue weighted by Crippen LogP contribution is -2.37. The van der Waals surface area contributed by atoms with E-state index in [0.29, 0.717) is 17.9 Å². The van der Waals surface area contributed by atoms with Gasteiger partial charge in [-0.15, -0.1) is 12.4 Å². The number of hydrogen-bond acceptors (Lipinski definition) is 5. The zero-order valence-electron chi connectivity index (χ0n) is 21.4. The number of rotatable bonds is 10. The monoisotopic (exact) mass is 532 g/mol. The third-order valence-corrected chi connectivity index (χ3v) is 6.27. The van der Waals surface area contributed by atoms with Crippen molar-refractivity contribution in [2.75, 3.05) is 16.8 Å². The summed E-state index contributed by atoms with van der Waals surface area (Å²) in [4.78, 5) is 22.8. The number of nitrogen functional groups attached to an aromatic ring is 1. The zero-order chi connectivity index (χ0) is 26.4. The molecule has 0 fully saturated rings. The fourth-order valence-electron chi connectivity index (χ4n) is 4.22. The van der Waals surface area contributed by atoms with Gasteiger partial charge in [-0.25, -0.2) is 4.98 Å². The second kappa shape index (κ2) is 12.8. The van der Waals surface area contributed by atoms with Gasteiger partial charge in [0.05, 0.1) is 24.6 Å². The Morgan fingerprint density at radius 3 is 2.42 bits per heavy atom. The van der Waals surface area contributed by atoms with E-state index < -0.39 is 0 Å². The first-order valence-electron chi connectivity index (χ1n) is 12.2. The summed E-state index contributed by atoms with van der Waals surface area (Å²) in [5.41, 5.74) is 10.7. The first kappa shape index (κ1) is 28.3.